The van der Waals surface area contributed by atoms with E-state index in [0.717, 1.165) is 17.7 Å². The highest BCUT2D eigenvalue weighted by molar-refractivity contribution is 5.98. The number of aromatic nitrogens is 2. The average Bonchev–Trinajstić information content (AvgIpc) is 2.87. The van der Waals surface area contributed by atoms with E-state index in [1.54, 1.807) is 19.1 Å². The first kappa shape index (κ1) is 26.0. The van der Waals surface area contributed by atoms with Gasteiger partial charge >= 0.3 is 6.36 Å². The molecule has 3 aromatic carbocycles. The smallest absolute Gasteiger partial charge is 0.489 e. The number of benzene rings is 3. The van der Waals surface area contributed by atoms with Crippen molar-refractivity contribution in [1.82, 2.24) is 15.3 Å². The third-order valence-electron chi connectivity index (χ3n) is 6.20. The molecule has 2 heterocycles. The van der Waals surface area contributed by atoms with Gasteiger partial charge in [0.05, 0.1) is 23.0 Å². The molecule has 0 spiro atoms. The topological polar surface area (TPSA) is 99.4 Å². The van der Waals surface area contributed by atoms with Crippen molar-refractivity contribution in [3.05, 3.63) is 101 Å². The molecule has 1 amide bonds. The Labute approximate surface area is 220 Å². The molecule has 1 unspecified atom stereocenters. The summed E-state index contributed by atoms with van der Waals surface area (Å²) in [5.74, 6) is -0.697. The van der Waals surface area contributed by atoms with Crippen LogP contribution >= 0.6 is 0 Å². The van der Waals surface area contributed by atoms with Crippen LogP contribution in [0.2, 0.25) is 0 Å². The Kier molecular flexibility index (Phi) is 6.81. The molecule has 11 heteroatoms. The monoisotopic (exact) mass is 538 g/mol. The Hall–Kier alpha value is -4.67. The van der Waals surface area contributed by atoms with E-state index in [9.17, 15) is 22.4 Å². The van der Waals surface area contributed by atoms with Crippen LogP contribution in [0.4, 0.5) is 23.5 Å². The molecule has 0 radical (unpaired) electrons. The first-order chi connectivity index (χ1) is 18.6. The number of rotatable bonds is 6. The summed E-state index contributed by atoms with van der Waals surface area (Å²) in [5.41, 5.74) is 9.92. The molecule has 1 atom stereocenters. The summed E-state index contributed by atoms with van der Waals surface area (Å²) in [5, 5.41) is 2.97. The quantitative estimate of drug-likeness (QED) is 0.307. The van der Waals surface area contributed by atoms with Gasteiger partial charge in [-0.05, 0) is 71.6 Å². The van der Waals surface area contributed by atoms with Gasteiger partial charge in [-0.25, -0.2) is 14.4 Å². The summed E-state index contributed by atoms with van der Waals surface area (Å²) in [6.07, 6.45) is -4.42. The Balaban J connectivity index is 1.38. The molecule has 0 fully saturated rings. The number of nitrogens with two attached hydrogens (primary N) is 1. The summed E-state index contributed by atoms with van der Waals surface area (Å²) in [6.45, 7) is 1.80. The fraction of sp³-hybridized carbons (Fsp3) is 0.179. The number of carbonyl (C=O) groups is 1. The number of aryl methyl sites for hydroxylation is 1. The van der Waals surface area contributed by atoms with Crippen LogP contribution in [0.1, 0.15) is 38.9 Å². The molecule has 7 nitrogen and oxygen atoms in total. The fourth-order valence-corrected chi connectivity index (χ4v) is 4.58. The second kappa shape index (κ2) is 10.2. The molecule has 1 aliphatic heterocycles. The number of hydrogen-bond acceptors (Lipinski definition) is 6. The molecule has 1 aliphatic rings. The van der Waals surface area contributed by atoms with Gasteiger partial charge in [0.15, 0.2) is 0 Å². The fourth-order valence-electron chi connectivity index (χ4n) is 4.58. The van der Waals surface area contributed by atoms with E-state index in [1.165, 1.54) is 24.3 Å². The van der Waals surface area contributed by atoms with Crippen LogP contribution in [0, 0.1) is 12.7 Å². The number of halogens is 4. The maximum Gasteiger partial charge on any atom is 0.573 e. The second-order valence-corrected chi connectivity index (χ2v) is 8.96. The van der Waals surface area contributed by atoms with Gasteiger partial charge in [-0.2, -0.15) is 0 Å². The molecule has 39 heavy (non-hydrogen) atoms. The Morgan fingerprint density at radius 3 is 2.51 bits per heavy atom. The molecule has 0 bridgehead atoms. The Bertz CT molecular complexity index is 1540. The third kappa shape index (κ3) is 5.92. The highest BCUT2D eigenvalue weighted by Gasteiger charge is 2.31. The lowest BCUT2D eigenvalue weighted by atomic mass is 9.88. The number of amides is 1. The SMILES string of the molecule is Cc1nc(N)nc2c1C(=O)NC(c1ccc(F)cc1-c1cccc(COc3ccc(OC(F)(F)F)cc3)c1)C2. The average molecular weight is 539 g/mol. The van der Waals surface area contributed by atoms with Crippen molar-refractivity contribution in [2.75, 3.05) is 5.73 Å². The number of nitrogens with one attached hydrogen (secondary N) is 1. The second-order valence-electron chi connectivity index (χ2n) is 8.96. The van der Waals surface area contributed by atoms with Crippen molar-refractivity contribution in [3.8, 4) is 22.6 Å². The number of ether oxygens (including phenoxy) is 2. The van der Waals surface area contributed by atoms with E-state index in [2.05, 4.69) is 20.0 Å². The van der Waals surface area contributed by atoms with Gasteiger partial charge in [0.25, 0.3) is 5.91 Å². The summed E-state index contributed by atoms with van der Waals surface area (Å²) >= 11 is 0. The molecule has 3 N–H and O–H groups in total. The van der Waals surface area contributed by atoms with E-state index in [-0.39, 0.29) is 24.2 Å². The molecule has 200 valence electrons. The van der Waals surface area contributed by atoms with Crippen molar-refractivity contribution in [1.29, 1.82) is 0 Å². The first-order valence-corrected chi connectivity index (χ1v) is 11.9. The molecular weight excluding hydrogens is 516 g/mol. The number of anilines is 1. The lowest BCUT2D eigenvalue weighted by molar-refractivity contribution is -0.274. The van der Waals surface area contributed by atoms with Gasteiger partial charge in [0.1, 0.15) is 23.9 Å². The summed E-state index contributed by atoms with van der Waals surface area (Å²) in [6, 6.07) is 16.2. The lowest BCUT2D eigenvalue weighted by Crippen LogP contribution is -2.37. The number of fused-ring (bicyclic) bond motifs is 1. The van der Waals surface area contributed by atoms with Gasteiger partial charge in [0, 0.05) is 6.42 Å². The molecule has 0 saturated heterocycles. The predicted molar refractivity (Wildman–Crippen MR) is 134 cm³/mol. The van der Waals surface area contributed by atoms with Crippen LogP contribution < -0.4 is 20.5 Å². The molecule has 4 aromatic rings. The van der Waals surface area contributed by atoms with Crippen LogP contribution in [0.15, 0.2) is 66.7 Å². The van der Waals surface area contributed by atoms with Crippen molar-refractivity contribution >= 4 is 11.9 Å². The van der Waals surface area contributed by atoms with Gasteiger partial charge in [-0.15, -0.1) is 13.2 Å². The van der Waals surface area contributed by atoms with Crippen molar-refractivity contribution in [2.45, 2.75) is 32.4 Å². The normalized spacial score (nSPS) is 14.9. The molecular formula is C28H22F4N4O3. The number of nitrogen functional groups attached to an aromatic ring is 1. The van der Waals surface area contributed by atoms with Crippen molar-refractivity contribution < 1.29 is 31.8 Å². The van der Waals surface area contributed by atoms with E-state index < -0.39 is 18.2 Å². The number of hydrogen-bond donors (Lipinski definition) is 2. The summed E-state index contributed by atoms with van der Waals surface area (Å²) in [4.78, 5) is 21.2. The molecule has 0 aliphatic carbocycles. The van der Waals surface area contributed by atoms with E-state index in [0.29, 0.717) is 45.8 Å². The standard InChI is InChI=1S/C28H22F4N4O3/c1-15-25-24(36-27(33)34-15)13-23(35-26(25)37)21-10-5-18(29)12-22(21)17-4-2-3-16(11-17)14-38-19-6-8-20(9-7-19)39-28(30,31)32/h2-12,23H,13-14H2,1H3,(H,35,37)(H2,33,34,36). The summed E-state index contributed by atoms with van der Waals surface area (Å²) in [7, 11) is 0. The highest BCUT2D eigenvalue weighted by atomic mass is 19.4. The van der Waals surface area contributed by atoms with Crippen LogP contribution in [0.5, 0.6) is 11.5 Å². The Morgan fingerprint density at radius 2 is 1.77 bits per heavy atom. The van der Waals surface area contributed by atoms with E-state index in [1.807, 2.05) is 18.2 Å². The molecule has 0 saturated carbocycles. The van der Waals surface area contributed by atoms with Crippen LogP contribution in [0.25, 0.3) is 11.1 Å². The minimum absolute atomic E-state index is 0.0780. The van der Waals surface area contributed by atoms with E-state index >= 15 is 0 Å². The van der Waals surface area contributed by atoms with Crippen LogP contribution in [0.3, 0.4) is 0 Å². The van der Waals surface area contributed by atoms with Gasteiger partial charge < -0.3 is 20.5 Å². The largest absolute Gasteiger partial charge is 0.573 e. The Morgan fingerprint density at radius 1 is 1.03 bits per heavy atom. The van der Waals surface area contributed by atoms with Crippen LogP contribution in [-0.2, 0) is 13.0 Å². The summed E-state index contributed by atoms with van der Waals surface area (Å²) < 4.78 is 61.1. The van der Waals surface area contributed by atoms with Gasteiger partial charge in [-0.1, -0.05) is 24.3 Å². The van der Waals surface area contributed by atoms with Crippen molar-refractivity contribution in [3.63, 3.8) is 0 Å². The van der Waals surface area contributed by atoms with Crippen molar-refractivity contribution in [2.24, 2.45) is 0 Å². The maximum absolute atomic E-state index is 14.4. The zero-order chi connectivity index (χ0) is 27.7. The molecule has 1 aromatic heterocycles. The molecule has 5 rings (SSSR count). The third-order valence-corrected chi connectivity index (χ3v) is 6.20. The minimum Gasteiger partial charge on any atom is -0.489 e. The number of nitrogens with zero attached hydrogens (tertiary/aromatic N) is 2. The zero-order valence-electron chi connectivity index (χ0n) is 20.6. The lowest BCUT2D eigenvalue weighted by Gasteiger charge is -2.28. The van der Waals surface area contributed by atoms with E-state index in [4.69, 9.17) is 10.5 Å². The number of alkyl halides is 3. The number of carbonyl (C=O) groups excluding carboxylic acids is 1. The minimum atomic E-state index is -4.78. The van der Waals surface area contributed by atoms with Crippen LogP contribution in [-0.4, -0.2) is 22.2 Å². The maximum atomic E-state index is 14.4. The van der Waals surface area contributed by atoms with Gasteiger partial charge in [0.2, 0.25) is 5.95 Å². The highest BCUT2D eigenvalue weighted by Crippen LogP contribution is 2.34. The zero-order valence-corrected chi connectivity index (χ0v) is 20.6. The first-order valence-electron chi connectivity index (χ1n) is 11.9. The van der Waals surface area contributed by atoms with Gasteiger partial charge in [-0.3, -0.25) is 4.79 Å². The predicted octanol–water partition coefficient (Wildman–Crippen LogP) is 5.68.